The number of hydrogen-bond acceptors (Lipinski definition) is 4. The third-order valence-corrected chi connectivity index (χ3v) is 6.18. The number of fused-ring (bicyclic) bond motifs is 1. The van der Waals surface area contributed by atoms with Crippen molar-refractivity contribution >= 4 is 62.2 Å². The van der Waals surface area contributed by atoms with Crippen LogP contribution >= 0.6 is 34.5 Å². The lowest BCUT2D eigenvalue weighted by molar-refractivity contribution is -0.119. The molecule has 1 aromatic heterocycles. The van der Waals surface area contributed by atoms with Crippen LogP contribution < -0.4 is 5.32 Å². The predicted octanol–water partition coefficient (Wildman–Crippen LogP) is 6.44. The molecule has 1 N–H and O–H groups in total. The normalized spacial score (nSPS) is 11.1. The highest BCUT2D eigenvalue weighted by Gasteiger charge is 2.20. The summed E-state index contributed by atoms with van der Waals surface area (Å²) in [6.07, 6.45) is 0. The molecular weight excluding hydrogens is 417 g/mol. The van der Waals surface area contributed by atoms with Crippen molar-refractivity contribution in [1.29, 1.82) is 0 Å². The third-order valence-electron chi connectivity index (χ3n) is 4.30. The van der Waals surface area contributed by atoms with Crippen LogP contribution in [-0.2, 0) is 9.53 Å². The first-order chi connectivity index (χ1) is 13.3. The Morgan fingerprint density at radius 2 is 1.93 bits per heavy atom. The molecule has 4 nitrogen and oxygen atoms in total. The predicted molar refractivity (Wildman–Crippen MR) is 116 cm³/mol. The van der Waals surface area contributed by atoms with Crippen molar-refractivity contribution < 1.29 is 14.3 Å². The van der Waals surface area contributed by atoms with Crippen molar-refractivity contribution in [1.82, 2.24) is 0 Å². The van der Waals surface area contributed by atoms with Crippen LogP contribution in [0, 0.1) is 6.92 Å². The van der Waals surface area contributed by atoms with Gasteiger partial charge >= 0.3 is 5.97 Å². The molecule has 28 heavy (non-hydrogen) atoms. The SMILES string of the molecule is Cc1cccc(C(C)C)c1NC(=O)COC(=O)c1sc2cc(Cl)ccc2c1Cl. The highest BCUT2D eigenvalue weighted by Crippen LogP contribution is 2.37. The van der Waals surface area contributed by atoms with Crippen LogP contribution in [0.3, 0.4) is 0 Å². The largest absolute Gasteiger partial charge is 0.451 e. The number of halogens is 2. The standard InChI is InChI=1S/C21H19Cl2NO3S/c1-11(2)14-6-4-5-12(3)19(14)24-17(25)10-27-21(26)20-18(23)15-8-7-13(22)9-16(15)28-20/h4-9,11H,10H2,1-3H3,(H,24,25). The lowest BCUT2D eigenvalue weighted by atomic mass is 9.98. The fourth-order valence-corrected chi connectivity index (χ4v) is 4.56. The summed E-state index contributed by atoms with van der Waals surface area (Å²) >= 11 is 13.5. The number of anilines is 1. The van der Waals surface area contributed by atoms with Crippen LogP contribution in [0.1, 0.15) is 40.6 Å². The summed E-state index contributed by atoms with van der Waals surface area (Å²) in [4.78, 5) is 25.0. The Morgan fingerprint density at radius 1 is 1.18 bits per heavy atom. The number of esters is 1. The van der Waals surface area contributed by atoms with Gasteiger partial charge in [0.05, 0.1) is 5.02 Å². The maximum atomic E-state index is 12.4. The number of carbonyl (C=O) groups is 2. The minimum absolute atomic E-state index is 0.252. The first-order valence-corrected chi connectivity index (χ1v) is 10.3. The molecule has 0 unspecified atom stereocenters. The minimum Gasteiger partial charge on any atom is -0.451 e. The van der Waals surface area contributed by atoms with Crippen LogP contribution in [-0.4, -0.2) is 18.5 Å². The van der Waals surface area contributed by atoms with Crippen LogP contribution in [0.15, 0.2) is 36.4 Å². The van der Waals surface area contributed by atoms with E-state index in [9.17, 15) is 9.59 Å². The molecule has 0 radical (unpaired) electrons. The van der Waals surface area contributed by atoms with Crippen LogP contribution in [0.4, 0.5) is 5.69 Å². The lowest BCUT2D eigenvalue weighted by Gasteiger charge is -2.16. The number of nitrogens with one attached hydrogen (secondary N) is 1. The zero-order valence-electron chi connectivity index (χ0n) is 15.6. The minimum atomic E-state index is -0.633. The van der Waals surface area contributed by atoms with Crippen molar-refractivity contribution in [2.24, 2.45) is 0 Å². The van der Waals surface area contributed by atoms with Crippen LogP contribution in [0.5, 0.6) is 0 Å². The number of thiophene rings is 1. The third kappa shape index (κ3) is 4.32. The summed E-state index contributed by atoms with van der Waals surface area (Å²) in [5, 5.41) is 4.45. The van der Waals surface area contributed by atoms with Gasteiger partial charge in [0.2, 0.25) is 0 Å². The summed E-state index contributed by atoms with van der Waals surface area (Å²) in [5.41, 5.74) is 2.74. The molecular formula is C21H19Cl2NO3S. The molecule has 0 aliphatic carbocycles. The van der Waals surface area contributed by atoms with Crippen molar-refractivity contribution in [2.75, 3.05) is 11.9 Å². The smallest absolute Gasteiger partial charge is 0.350 e. The molecule has 0 aliphatic rings. The van der Waals surface area contributed by atoms with E-state index in [2.05, 4.69) is 19.2 Å². The Kier molecular flexibility index (Phi) is 6.28. The average Bonchev–Trinajstić information content (AvgIpc) is 2.97. The molecule has 7 heteroatoms. The molecule has 0 bridgehead atoms. The Bertz CT molecular complexity index is 1060. The molecule has 146 valence electrons. The summed E-state index contributed by atoms with van der Waals surface area (Å²) in [6, 6.07) is 11.1. The fourth-order valence-electron chi connectivity index (χ4n) is 2.88. The Hall–Kier alpha value is -2.08. The van der Waals surface area contributed by atoms with Gasteiger partial charge in [-0.3, -0.25) is 4.79 Å². The Morgan fingerprint density at radius 3 is 2.64 bits per heavy atom. The molecule has 0 saturated carbocycles. The van der Waals surface area contributed by atoms with Gasteiger partial charge in [0.25, 0.3) is 5.91 Å². The average molecular weight is 436 g/mol. The van der Waals surface area contributed by atoms with E-state index in [0.717, 1.165) is 26.9 Å². The lowest BCUT2D eigenvalue weighted by Crippen LogP contribution is -2.22. The van der Waals surface area contributed by atoms with Crippen LogP contribution in [0.2, 0.25) is 10.0 Å². The molecule has 0 spiro atoms. The second kappa shape index (κ2) is 8.52. The van der Waals surface area contributed by atoms with Gasteiger partial charge in [-0.05, 0) is 36.1 Å². The molecule has 0 aliphatic heterocycles. The number of hydrogen-bond donors (Lipinski definition) is 1. The zero-order chi connectivity index (χ0) is 20.4. The molecule has 3 aromatic rings. The van der Waals surface area contributed by atoms with E-state index in [4.69, 9.17) is 27.9 Å². The second-order valence-corrected chi connectivity index (χ2v) is 8.57. The summed E-state index contributed by atoms with van der Waals surface area (Å²) in [7, 11) is 0. The van der Waals surface area contributed by atoms with E-state index >= 15 is 0 Å². The van der Waals surface area contributed by atoms with Crippen molar-refractivity contribution in [3.8, 4) is 0 Å². The summed E-state index contributed by atoms with van der Waals surface area (Å²) in [6.45, 7) is 5.64. The number of amides is 1. The molecule has 0 fully saturated rings. The maximum Gasteiger partial charge on any atom is 0.350 e. The number of para-hydroxylation sites is 1. The van der Waals surface area contributed by atoms with Gasteiger partial charge in [-0.2, -0.15) is 0 Å². The molecule has 2 aromatic carbocycles. The summed E-state index contributed by atoms with van der Waals surface area (Å²) in [5.74, 6) is -0.780. The molecule has 1 heterocycles. The Labute approximate surface area is 177 Å². The van der Waals surface area contributed by atoms with Crippen LogP contribution in [0.25, 0.3) is 10.1 Å². The van der Waals surface area contributed by atoms with E-state index in [1.165, 1.54) is 11.3 Å². The molecule has 1 amide bonds. The fraction of sp³-hybridized carbons (Fsp3) is 0.238. The second-order valence-electron chi connectivity index (χ2n) is 6.70. The van der Waals surface area contributed by atoms with Gasteiger partial charge in [-0.25, -0.2) is 4.79 Å². The van der Waals surface area contributed by atoms with Crippen molar-refractivity contribution in [2.45, 2.75) is 26.7 Å². The number of carbonyl (C=O) groups excluding carboxylic acids is 2. The quantitative estimate of drug-likeness (QED) is 0.469. The number of benzene rings is 2. The van der Waals surface area contributed by atoms with E-state index in [0.29, 0.717) is 10.0 Å². The topological polar surface area (TPSA) is 55.4 Å². The van der Waals surface area contributed by atoms with E-state index in [1.54, 1.807) is 18.2 Å². The highest BCUT2D eigenvalue weighted by molar-refractivity contribution is 7.21. The van der Waals surface area contributed by atoms with Gasteiger partial charge in [0.15, 0.2) is 6.61 Å². The first-order valence-electron chi connectivity index (χ1n) is 8.72. The van der Waals surface area contributed by atoms with Gasteiger partial charge < -0.3 is 10.1 Å². The van der Waals surface area contributed by atoms with Crippen molar-refractivity contribution in [3.05, 3.63) is 62.4 Å². The number of rotatable bonds is 5. The van der Waals surface area contributed by atoms with Gasteiger partial charge in [0, 0.05) is 20.8 Å². The number of aryl methyl sites for hydroxylation is 1. The van der Waals surface area contributed by atoms with Gasteiger partial charge in [-0.15, -0.1) is 11.3 Å². The van der Waals surface area contributed by atoms with Gasteiger partial charge in [-0.1, -0.05) is 61.3 Å². The molecule has 0 atom stereocenters. The monoisotopic (exact) mass is 435 g/mol. The van der Waals surface area contributed by atoms with E-state index in [-0.39, 0.29) is 10.8 Å². The van der Waals surface area contributed by atoms with Gasteiger partial charge in [0.1, 0.15) is 4.88 Å². The molecule has 0 saturated heterocycles. The molecule has 3 rings (SSSR count). The zero-order valence-corrected chi connectivity index (χ0v) is 18.0. The Balaban J connectivity index is 1.70. The van der Waals surface area contributed by atoms with E-state index < -0.39 is 18.5 Å². The number of ether oxygens (including phenoxy) is 1. The highest BCUT2D eigenvalue weighted by atomic mass is 35.5. The van der Waals surface area contributed by atoms with E-state index in [1.807, 2.05) is 25.1 Å². The summed E-state index contributed by atoms with van der Waals surface area (Å²) < 4.78 is 5.97. The van der Waals surface area contributed by atoms with Crippen molar-refractivity contribution in [3.63, 3.8) is 0 Å². The first kappa shape index (κ1) is 20.6. The maximum absolute atomic E-state index is 12.4.